The minimum atomic E-state index is -4.08. The lowest BCUT2D eigenvalue weighted by molar-refractivity contribution is -0.384. The van der Waals surface area contributed by atoms with Crippen LogP contribution in [0.5, 0.6) is 0 Å². The second-order valence-electron chi connectivity index (χ2n) is 7.81. The van der Waals surface area contributed by atoms with Gasteiger partial charge in [-0.15, -0.1) is 0 Å². The smallest absolute Gasteiger partial charge is 0.309 e. The summed E-state index contributed by atoms with van der Waals surface area (Å²) in [7, 11) is -2.72. The molecular weight excluding hydrogens is 374 g/mol. The molecule has 6 atom stereocenters. The third-order valence-electron chi connectivity index (χ3n) is 6.39. The quantitative estimate of drug-likeness (QED) is 0.326. The third kappa shape index (κ3) is 3.12. The highest BCUT2D eigenvalue weighted by Gasteiger charge is 2.57. The molecule has 0 spiro atoms. The van der Waals surface area contributed by atoms with Crippen molar-refractivity contribution in [2.24, 2.45) is 29.6 Å². The lowest BCUT2D eigenvalue weighted by Gasteiger charge is -2.56. The standard InChI is InChI=1S/C18H21NO7S/c1-25-18(20)16-11-6-10-7-12(9-11)17(15(16)8-10)26-27(23,24)14-4-2-13(3-5-14)19(21)22/h2-5,10-12,15-17H,6-9H2,1H3/t10-,11-,12-,15-,16+,17+/m0/s1. The first-order valence-corrected chi connectivity index (χ1v) is 10.5. The minimum Gasteiger partial charge on any atom is -0.469 e. The fraction of sp³-hybridized carbons (Fsp3) is 0.611. The van der Waals surface area contributed by atoms with E-state index in [-0.39, 0.29) is 40.2 Å². The predicted octanol–water partition coefficient (Wildman–Crippen LogP) is 2.52. The van der Waals surface area contributed by atoms with Crippen LogP contribution < -0.4 is 0 Å². The summed E-state index contributed by atoms with van der Waals surface area (Å²) in [5.41, 5.74) is -0.186. The number of nitro groups is 1. The van der Waals surface area contributed by atoms with Gasteiger partial charge in [0, 0.05) is 18.1 Å². The molecule has 4 aliphatic rings. The monoisotopic (exact) mass is 395 g/mol. The van der Waals surface area contributed by atoms with E-state index in [1.54, 1.807) is 0 Å². The maximum Gasteiger partial charge on any atom is 0.309 e. The summed E-state index contributed by atoms with van der Waals surface area (Å²) < 4.78 is 36.1. The van der Waals surface area contributed by atoms with Crippen molar-refractivity contribution in [2.75, 3.05) is 7.11 Å². The summed E-state index contributed by atoms with van der Waals surface area (Å²) in [4.78, 5) is 22.3. The highest BCUT2D eigenvalue weighted by atomic mass is 32.2. The van der Waals surface area contributed by atoms with Crippen molar-refractivity contribution < 1.29 is 27.1 Å². The normalized spacial score (nSPS) is 34.4. The van der Waals surface area contributed by atoms with Gasteiger partial charge in [0.05, 0.1) is 29.0 Å². The summed E-state index contributed by atoms with van der Waals surface area (Å²) in [5, 5.41) is 10.8. The van der Waals surface area contributed by atoms with Crippen LogP contribution in [0.4, 0.5) is 5.69 Å². The number of benzene rings is 1. The fourth-order valence-electron chi connectivity index (χ4n) is 5.45. The fourth-order valence-corrected chi connectivity index (χ4v) is 6.62. The molecule has 9 heteroatoms. The SMILES string of the molecule is COC(=O)[C@@H]1[C@H]2C[C@H]3C[C@@H](C2)[C@@H](OS(=O)(=O)c2ccc([N+](=O)[O-])cc2)[C@H]1C3. The second kappa shape index (κ2) is 6.56. The molecule has 0 amide bonds. The first-order chi connectivity index (χ1) is 12.8. The summed E-state index contributed by atoms with van der Waals surface area (Å²) >= 11 is 0. The molecule has 0 N–H and O–H groups in total. The van der Waals surface area contributed by atoms with Crippen molar-refractivity contribution >= 4 is 21.8 Å². The first kappa shape index (κ1) is 18.4. The molecule has 27 heavy (non-hydrogen) atoms. The van der Waals surface area contributed by atoms with E-state index in [1.807, 2.05) is 0 Å². The Morgan fingerprint density at radius 3 is 2.41 bits per heavy atom. The number of carbonyl (C=O) groups excluding carboxylic acids is 1. The van der Waals surface area contributed by atoms with Gasteiger partial charge in [-0.25, -0.2) is 0 Å². The summed E-state index contributed by atoms with van der Waals surface area (Å²) in [5.74, 6) is 0.0937. The Morgan fingerprint density at radius 1 is 1.11 bits per heavy atom. The number of hydrogen-bond acceptors (Lipinski definition) is 7. The summed E-state index contributed by atoms with van der Waals surface area (Å²) in [6.45, 7) is 0. The zero-order valence-corrected chi connectivity index (χ0v) is 15.6. The van der Waals surface area contributed by atoms with E-state index >= 15 is 0 Å². The lowest BCUT2D eigenvalue weighted by atomic mass is 9.50. The van der Waals surface area contributed by atoms with Gasteiger partial charge in [-0.1, -0.05) is 0 Å². The van der Waals surface area contributed by atoms with Gasteiger partial charge in [-0.05, 0) is 55.6 Å². The second-order valence-corrected chi connectivity index (χ2v) is 9.38. The molecule has 0 aliphatic heterocycles. The van der Waals surface area contributed by atoms with Crippen LogP contribution in [0.15, 0.2) is 29.2 Å². The van der Waals surface area contributed by atoms with Gasteiger partial charge < -0.3 is 4.74 Å². The number of non-ortho nitro benzene ring substituents is 1. The zero-order valence-electron chi connectivity index (χ0n) is 14.8. The minimum absolute atomic E-state index is 0.112. The maximum absolute atomic E-state index is 12.7. The van der Waals surface area contributed by atoms with E-state index in [0.717, 1.165) is 37.8 Å². The molecular formula is C18H21NO7S. The molecule has 0 unspecified atom stereocenters. The van der Waals surface area contributed by atoms with Crippen molar-refractivity contribution in [1.29, 1.82) is 0 Å². The van der Waals surface area contributed by atoms with Crippen LogP contribution in [0, 0.1) is 39.7 Å². The average Bonchev–Trinajstić information content (AvgIpc) is 2.64. The topological polar surface area (TPSA) is 113 Å². The predicted molar refractivity (Wildman–Crippen MR) is 93.1 cm³/mol. The Morgan fingerprint density at radius 2 is 1.78 bits per heavy atom. The molecule has 0 heterocycles. The molecule has 0 aromatic heterocycles. The summed E-state index contributed by atoms with van der Waals surface area (Å²) in [6, 6.07) is 4.65. The van der Waals surface area contributed by atoms with Crippen molar-refractivity contribution in [3.05, 3.63) is 34.4 Å². The Hall–Kier alpha value is -2.00. The van der Waals surface area contributed by atoms with E-state index in [0.29, 0.717) is 5.92 Å². The lowest BCUT2D eigenvalue weighted by Crippen LogP contribution is -2.57. The molecule has 4 aliphatic carbocycles. The Balaban J connectivity index is 1.59. The first-order valence-electron chi connectivity index (χ1n) is 9.05. The van der Waals surface area contributed by atoms with Gasteiger partial charge >= 0.3 is 5.97 Å². The molecule has 146 valence electrons. The van der Waals surface area contributed by atoms with E-state index < -0.39 is 21.1 Å². The number of esters is 1. The van der Waals surface area contributed by atoms with Gasteiger partial charge in [0.1, 0.15) is 0 Å². The van der Waals surface area contributed by atoms with Gasteiger partial charge in [0.25, 0.3) is 15.8 Å². The van der Waals surface area contributed by atoms with Crippen LogP contribution in [-0.2, 0) is 23.8 Å². The van der Waals surface area contributed by atoms with Crippen LogP contribution in [-0.4, -0.2) is 32.5 Å². The van der Waals surface area contributed by atoms with Crippen LogP contribution in [0.3, 0.4) is 0 Å². The molecule has 4 fully saturated rings. The van der Waals surface area contributed by atoms with Crippen molar-refractivity contribution in [3.8, 4) is 0 Å². The van der Waals surface area contributed by atoms with E-state index in [2.05, 4.69) is 0 Å². The molecule has 1 aromatic carbocycles. The molecule has 4 saturated carbocycles. The van der Waals surface area contributed by atoms with E-state index in [1.165, 1.54) is 19.2 Å². The van der Waals surface area contributed by atoms with E-state index in [9.17, 15) is 23.3 Å². The summed E-state index contributed by atoms with van der Waals surface area (Å²) in [6.07, 6.45) is 2.90. The Kier molecular flexibility index (Phi) is 4.46. The zero-order chi connectivity index (χ0) is 19.3. The van der Waals surface area contributed by atoms with Gasteiger partial charge in [-0.3, -0.25) is 19.1 Å². The van der Waals surface area contributed by atoms with Crippen molar-refractivity contribution in [2.45, 2.75) is 36.7 Å². The number of ether oxygens (including phenoxy) is 1. The van der Waals surface area contributed by atoms with Crippen LogP contribution in [0.25, 0.3) is 0 Å². The highest BCUT2D eigenvalue weighted by molar-refractivity contribution is 7.86. The highest BCUT2D eigenvalue weighted by Crippen LogP contribution is 2.58. The number of carbonyl (C=O) groups is 1. The molecule has 5 rings (SSSR count). The van der Waals surface area contributed by atoms with Crippen LogP contribution in [0.1, 0.15) is 25.7 Å². The van der Waals surface area contributed by atoms with Gasteiger partial charge in [-0.2, -0.15) is 8.42 Å². The van der Waals surface area contributed by atoms with Gasteiger partial charge in [0.2, 0.25) is 0 Å². The van der Waals surface area contributed by atoms with Crippen LogP contribution >= 0.6 is 0 Å². The largest absolute Gasteiger partial charge is 0.469 e. The van der Waals surface area contributed by atoms with Crippen molar-refractivity contribution in [1.82, 2.24) is 0 Å². The number of hydrogen-bond donors (Lipinski definition) is 0. The van der Waals surface area contributed by atoms with Crippen molar-refractivity contribution in [3.63, 3.8) is 0 Å². The van der Waals surface area contributed by atoms with E-state index in [4.69, 9.17) is 8.92 Å². The number of nitrogens with zero attached hydrogens (tertiary/aromatic N) is 1. The number of nitro benzene ring substituents is 1. The maximum atomic E-state index is 12.7. The molecule has 0 radical (unpaired) electrons. The number of methoxy groups -OCH3 is 1. The van der Waals surface area contributed by atoms with Crippen LogP contribution in [0.2, 0.25) is 0 Å². The molecule has 8 nitrogen and oxygen atoms in total. The Labute approximate surface area is 157 Å². The average molecular weight is 395 g/mol. The molecule has 0 saturated heterocycles. The third-order valence-corrected chi connectivity index (χ3v) is 7.71. The van der Waals surface area contributed by atoms with Gasteiger partial charge in [0.15, 0.2) is 0 Å². The molecule has 4 bridgehead atoms. The number of rotatable bonds is 5. The molecule has 1 aromatic rings. The Bertz CT molecular complexity index is 866.